The van der Waals surface area contributed by atoms with Gasteiger partial charge < -0.3 is 5.11 Å². The fourth-order valence-electron chi connectivity index (χ4n) is 1.76. The molecule has 0 aliphatic carbocycles. The minimum Gasteiger partial charge on any atom is -0.389 e. The first-order valence-corrected chi connectivity index (χ1v) is 5.91. The Bertz CT molecular complexity index is 532. The van der Waals surface area contributed by atoms with Crippen LogP contribution in [0.2, 0.25) is 0 Å². The molecular weight excluding hydrogens is 224 g/mol. The highest BCUT2D eigenvalue weighted by molar-refractivity contribution is 5.60. The van der Waals surface area contributed by atoms with Gasteiger partial charge in [-0.05, 0) is 18.9 Å². The molecule has 0 bridgehead atoms. The maximum atomic E-state index is 9.43. The summed E-state index contributed by atoms with van der Waals surface area (Å²) in [5, 5.41) is 9.43. The Balaban J connectivity index is 2.39. The molecule has 18 heavy (non-hydrogen) atoms. The monoisotopic (exact) mass is 240 g/mol. The van der Waals surface area contributed by atoms with Gasteiger partial charge in [-0.1, -0.05) is 30.3 Å². The molecule has 1 N–H and O–H groups in total. The van der Waals surface area contributed by atoms with Crippen LogP contribution in [0, 0.1) is 0 Å². The lowest BCUT2D eigenvalue weighted by Gasteiger charge is -2.08. The molecule has 1 atom stereocenters. The van der Waals surface area contributed by atoms with E-state index in [1.165, 1.54) is 0 Å². The summed E-state index contributed by atoms with van der Waals surface area (Å²) < 4.78 is 0. The van der Waals surface area contributed by atoms with Crippen LogP contribution in [0.1, 0.15) is 24.2 Å². The number of nitrogens with zero attached hydrogens (tertiary/aromatic N) is 2. The predicted octanol–water partition coefficient (Wildman–Crippen LogP) is 2.93. The van der Waals surface area contributed by atoms with E-state index in [-0.39, 0.29) is 0 Å². The third kappa shape index (κ3) is 2.63. The molecule has 0 aliphatic rings. The minimum absolute atomic E-state index is 0.539. The zero-order valence-corrected chi connectivity index (χ0v) is 10.4. The molecule has 2 aromatic rings. The first kappa shape index (κ1) is 12.5. The molecule has 1 unspecified atom stereocenters. The molecular formula is C15H16N2O. The summed E-state index contributed by atoms with van der Waals surface area (Å²) >= 11 is 0. The second kappa shape index (κ2) is 5.56. The lowest BCUT2D eigenvalue weighted by atomic mass is 10.0. The average Bonchev–Trinajstić information content (AvgIpc) is 2.40. The van der Waals surface area contributed by atoms with Crippen LogP contribution in [0.3, 0.4) is 0 Å². The Morgan fingerprint density at radius 3 is 2.56 bits per heavy atom. The molecule has 0 amide bonds. The van der Waals surface area contributed by atoms with E-state index in [0.717, 1.165) is 23.1 Å². The third-order valence-electron chi connectivity index (χ3n) is 2.78. The predicted molar refractivity (Wildman–Crippen MR) is 72.0 cm³/mol. The molecule has 0 radical (unpaired) electrons. The van der Waals surface area contributed by atoms with Gasteiger partial charge in [0.1, 0.15) is 0 Å². The topological polar surface area (TPSA) is 46.0 Å². The zero-order chi connectivity index (χ0) is 13.0. The van der Waals surface area contributed by atoms with Gasteiger partial charge in [-0.25, -0.2) is 9.97 Å². The number of aliphatic hydroxyl groups is 1. The molecule has 2 rings (SSSR count). The lowest BCUT2D eigenvalue weighted by molar-refractivity contribution is 0.198. The van der Waals surface area contributed by atoms with Crippen LogP contribution in [0.5, 0.6) is 0 Å². The van der Waals surface area contributed by atoms with Crippen LogP contribution in [-0.2, 0) is 6.42 Å². The van der Waals surface area contributed by atoms with Crippen molar-refractivity contribution in [2.75, 3.05) is 0 Å². The summed E-state index contributed by atoms with van der Waals surface area (Å²) in [6.07, 6.45) is 5.44. The van der Waals surface area contributed by atoms with Crippen LogP contribution >= 0.6 is 0 Å². The largest absolute Gasteiger partial charge is 0.389 e. The van der Waals surface area contributed by atoms with E-state index in [0.29, 0.717) is 5.82 Å². The number of aliphatic hydroxyl groups excluding tert-OH is 1. The smallest absolute Gasteiger partial charge is 0.159 e. The molecule has 0 spiro atoms. The van der Waals surface area contributed by atoms with E-state index in [9.17, 15) is 5.11 Å². The van der Waals surface area contributed by atoms with Gasteiger partial charge in [0.25, 0.3) is 0 Å². The maximum Gasteiger partial charge on any atom is 0.159 e. The van der Waals surface area contributed by atoms with Gasteiger partial charge in [-0.2, -0.15) is 0 Å². The standard InChI is InChI=1S/C15H16N2O/c1-3-6-12-7-4-5-8-14(12)15-16-9-13(10-17-15)11(2)18/h3-5,7-11,18H,1,6H2,2H3. The van der Waals surface area contributed by atoms with Crippen molar-refractivity contribution in [3.05, 3.63) is 60.4 Å². The van der Waals surface area contributed by atoms with Gasteiger partial charge in [0.15, 0.2) is 5.82 Å². The number of aromatic nitrogens is 2. The molecule has 0 aliphatic heterocycles. The molecule has 1 aromatic carbocycles. The van der Waals surface area contributed by atoms with Crippen molar-refractivity contribution in [1.29, 1.82) is 0 Å². The summed E-state index contributed by atoms with van der Waals surface area (Å²) in [5.41, 5.74) is 2.88. The van der Waals surface area contributed by atoms with Crippen molar-refractivity contribution in [2.45, 2.75) is 19.4 Å². The van der Waals surface area contributed by atoms with E-state index in [1.807, 2.05) is 30.3 Å². The van der Waals surface area contributed by atoms with E-state index in [1.54, 1.807) is 19.3 Å². The molecule has 92 valence electrons. The molecule has 1 heterocycles. The van der Waals surface area contributed by atoms with E-state index < -0.39 is 6.10 Å². The number of benzene rings is 1. The number of hydrogen-bond acceptors (Lipinski definition) is 3. The van der Waals surface area contributed by atoms with Crippen LogP contribution < -0.4 is 0 Å². The normalized spacial score (nSPS) is 12.1. The Morgan fingerprint density at radius 2 is 1.94 bits per heavy atom. The number of allylic oxidation sites excluding steroid dienone is 1. The van der Waals surface area contributed by atoms with Crippen molar-refractivity contribution < 1.29 is 5.11 Å². The quantitative estimate of drug-likeness (QED) is 0.836. The minimum atomic E-state index is -0.539. The highest BCUT2D eigenvalue weighted by Crippen LogP contribution is 2.21. The van der Waals surface area contributed by atoms with Gasteiger partial charge in [0, 0.05) is 23.5 Å². The molecule has 0 saturated heterocycles. The second-order valence-electron chi connectivity index (χ2n) is 4.17. The van der Waals surface area contributed by atoms with Crippen LogP contribution in [0.25, 0.3) is 11.4 Å². The van der Waals surface area contributed by atoms with Crippen LogP contribution in [0.15, 0.2) is 49.3 Å². The number of hydrogen-bond donors (Lipinski definition) is 1. The molecule has 0 saturated carbocycles. The summed E-state index contributed by atoms with van der Waals surface area (Å²) in [4.78, 5) is 8.62. The molecule has 1 aromatic heterocycles. The van der Waals surface area contributed by atoms with Gasteiger partial charge in [0.05, 0.1) is 6.10 Å². The van der Waals surface area contributed by atoms with Crippen molar-refractivity contribution in [1.82, 2.24) is 9.97 Å². The molecule has 3 heteroatoms. The summed E-state index contributed by atoms with van der Waals surface area (Å²) in [6, 6.07) is 8.00. The fraction of sp³-hybridized carbons (Fsp3) is 0.200. The first-order valence-electron chi connectivity index (χ1n) is 5.91. The highest BCUT2D eigenvalue weighted by Gasteiger charge is 2.07. The molecule has 3 nitrogen and oxygen atoms in total. The van der Waals surface area contributed by atoms with Gasteiger partial charge in [0.2, 0.25) is 0 Å². The second-order valence-corrected chi connectivity index (χ2v) is 4.17. The van der Waals surface area contributed by atoms with Gasteiger partial charge in [-0.3, -0.25) is 0 Å². The fourth-order valence-corrected chi connectivity index (χ4v) is 1.76. The lowest BCUT2D eigenvalue weighted by Crippen LogP contribution is -1.97. The van der Waals surface area contributed by atoms with Crippen molar-refractivity contribution in [2.24, 2.45) is 0 Å². The average molecular weight is 240 g/mol. The van der Waals surface area contributed by atoms with Crippen LogP contribution in [0.4, 0.5) is 0 Å². The molecule has 0 fully saturated rings. The summed E-state index contributed by atoms with van der Waals surface area (Å²) in [7, 11) is 0. The Hall–Kier alpha value is -2.00. The van der Waals surface area contributed by atoms with Crippen molar-refractivity contribution >= 4 is 0 Å². The number of rotatable bonds is 4. The van der Waals surface area contributed by atoms with Crippen molar-refractivity contribution in [3.8, 4) is 11.4 Å². The maximum absolute atomic E-state index is 9.43. The van der Waals surface area contributed by atoms with Gasteiger partial charge >= 0.3 is 0 Å². The highest BCUT2D eigenvalue weighted by atomic mass is 16.3. The van der Waals surface area contributed by atoms with Gasteiger partial charge in [-0.15, -0.1) is 6.58 Å². The Kier molecular flexibility index (Phi) is 3.85. The van der Waals surface area contributed by atoms with Crippen molar-refractivity contribution in [3.63, 3.8) is 0 Å². The van der Waals surface area contributed by atoms with E-state index >= 15 is 0 Å². The Morgan fingerprint density at radius 1 is 1.28 bits per heavy atom. The summed E-state index contributed by atoms with van der Waals surface area (Å²) in [6.45, 7) is 5.45. The zero-order valence-electron chi connectivity index (χ0n) is 10.4. The third-order valence-corrected chi connectivity index (χ3v) is 2.78. The Labute approximate surface area is 107 Å². The summed E-state index contributed by atoms with van der Waals surface area (Å²) in [5.74, 6) is 0.678. The van der Waals surface area contributed by atoms with E-state index in [4.69, 9.17) is 0 Å². The van der Waals surface area contributed by atoms with E-state index in [2.05, 4.69) is 16.5 Å². The van der Waals surface area contributed by atoms with Crippen LogP contribution in [-0.4, -0.2) is 15.1 Å². The SMILES string of the molecule is C=CCc1ccccc1-c1ncc(C(C)O)cn1. The first-order chi connectivity index (χ1) is 8.72.